The number of aromatic nitrogens is 3. The summed E-state index contributed by atoms with van der Waals surface area (Å²) >= 11 is 3.39. The van der Waals surface area contributed by atoms with Crippen LogP contribution in [0.5, 0.6) is 0 Å². The molecule has 0 aliphatic carbocycles. The number of benzene rings is 1. The van der Waals surface area contributed by atoms with Crippen molar-refractivity contribution in [3.8, 4) is 11.5 Å². The largest absolute Gasteiger partial charge is 0.417 e. The summed E-state index contributed by atoms with van der Waals surface area (Å²) in [5.74, 6) is 6.12. The molecule has 0 radical (unpaired) electrons. The molecule has 0 saturated carbocycles. The number of nitrogens with one attached hydrogen (secondary N) is 1. The summed E-state index contributed by atoms with van der Waals surface area (Å²) in [5.41, 5.74) is 5.04. The maximum Gasteiger partial charge on any atom is 0.252 e. The van der Waals surface area contributed by atoms with Crippen molar-refractivity contribution in [1.29, 1.82) is 0 Å². The van der Waals surface area contributed by atoms with E-state index in [4.69, 9.17) is 10.3 Å². The third-order valence-corrected chi connectivity index (χ3v) is 3.18. The first-order chi connectivity index (χ1) is 9.17. The maximum absolute atomic E-state index is 5.64. The van der Waals surface area contributed by atoms with Crippen molar-refractivity contribution in [3.63, 3.8) is 0 Å². The Bertz CT molecular complexity index is 738. The zero-order valence-electron chi connectivity index (χ0n) is 10.0. The van der Waals surface area contributed by atoms with Gasteiger partial charge in [-0.1, -0.05) is 15.9 Å². The van der Waals surface area contributed by atoms with E-state index in [9.17, 15) is 0 Å². The highest BCUT2D eigenvalue weighted by molar-refractivity contribution is 9.10. The molecule has 3 aromatic rings. The van der Waals surface area contributed by atoms with Gasteiger partial charge in [-0.2, -0.15) is 4.98 Å². The first kappa shape index (κ1) is 12.1. The Morgan fingerprint density at radius 1 is 1.16 bits per heavy atom. The van der Waals surface area contributed by atoms with Crippen LogP contribution in [-0.4, -0.2) is 15.0 Å². The van der Waals surface area contributed by atoms with Crippen molar-refractivity contribution in [2.75, 3.05) is 5.43 Å². The van der Waals surface area contributed by atoms with Crippen LogP contribution >= 0.6 is 15.9 Å². The van der Waals surface area contributed by atoms with Gasteiger partial charge in [-0.3, -0.25) is 5.43 Å². The van der Waals surface area contributed by atoms with Crippen LogP contribution in [0.25, 0.3) is 22.7 Å². The number of hydrogen-bond acceptors (Lipinski definition) is 6. The number of halogens is 1. The van der Waals surface area contributed by atoms with Gasteiger partial charge < -0.3 is 4.42 Å². The molecular weight excluding hydrogens is 310 g/mol. The molecule has 0 aliphatic rings. The van der Waals surface area contributed by atoms with Crippen molar-refractivity contribution in [2.45, 2.75) is 6.92 Å². The van der Waals surface area contributed by atoms with Gasteiger partial charge in [0, 0.05) is 10.0 Å². The van der Waals surface area contributed by atoms with E-state index in [-0.39, 0.29) is 0 Å². The quantitative estimate of drug-likeness (QED) is 0.557. The highest BCUT2D eigenvalue weighted by atomic mass is 79.9. The van der Waals surface area contributed by atoms with Crippen LogP contribution in [0, 0.1) is 6.92 Å². The average Bonchev–Trinajstić information content (AvgIpc) is 2.84. The van der Waals surface area contributed by atoms with Gasteiger partial charge in [0.25, 0.3) is 5.71 Å². The summed E-state index contributed by atoms with van der Waals surface area (Å²) in [5, 5.41) is 0. The molecule has 6 nitrogen and oxygen atoms in total. The van der Waals surface area contributed by atoms with E-state index in [0.29, 0.717) is 28.8 Å². The summed E-state index contributed by atoms with van der Waals surface area (Å²) < 4.78 is 6.64. The van der Waals surface area contributed by atoms with Gasteiger partial charge in [0.2, 0.25) is 11.8 Å². The molecule has 0 aliphatic heterocycles. The predicted molar refractivity (Wildman–Crippen MR) is 75.3 cm³/mol. The molecule has 0 unspecified atom stereocenters. The Hall–Kier alpha value is -1.99. The molecular formula is C12H10BrN5O. The van der Waals surface area contributed by atoms with Gasteiger partial charge in [0.1, 0.15) is 0 Å². The molecule has 0 fully saturated rings. The zero-order chi connectivity index (χ0) is 13.4. The lowest BCUT2D eigenvalue weighted by Crippen LogP contribution is -2.10. The second-order valence-electron chi connectivity index (χ2n) is 3.96. The Balaban J connectivity index is 2.16. The normalized spacial score (nSPS) is 10.9. The number of rotatable bonds is 2. The Kier molecular flexibility index (Phi) is 2.92. The van der Waals surface area contributed by atoms with Crippen molar-refractivity contribution in [3.05, 3.63) is 34.4 Å². The van der Waals surface area contributed by atoms with E-state index < -0.39 is 0 Å². The first-order valence-corrected chi connectivity index (χ1v) is 6.34. The highest BCUT2D eigenvalue weighted by Crippen LogP contribution is 2.26. The second kappa shape index (κ2) is 4.60. The van der Waals surface area contributed by atoms with Crippen LogP contribution in [0.3, 0.4) is 0 Å². The zero-order valence-corrected chi connectivity index (χ0v) is 11.6. The van der Waals surface area contributed by atoms with Gasteiger partial charge in [-0.25, -0.2) is 15.8 Å². The molecule has 2 aromatic heterocycles. The molecule has 96 valence electrons. The van der Waals surface area contributed by atoms with Crippen LogP contribution in [0.1, 0.15) is 5.69 Å². The highest BCUT2D eigenvalue weighted by Gasteiger charge is 2.13. The monoisotopic (exact) mass is 319 g/mol. The molecule has 19 heavy (non-hydrogen) atoms. The minimum Gasteiger partial charge on any atom is -0.417 e. The van der Waals surface area contributed by atoms with E-state index in [0.717, 1.165) is 10.0 Å². The molecule has 2 heterocycles. The minimum atomic E-state index is 0.309. The maximum atomic E-state index is 5.64. The van der Waals surface area contributed by atoms with E-state index in [1.54, 1.807) is 0 Å². The molecule has 0 amide bonds. The van der Waals surface area contributed by atoms with E-state index in [2.05, 4.69) is 36.3 Å². The van der Waals surface area contributed by atoms with Crippen molar-refractivity contribution >= 4 is 33.1 Å². The fraction of sp³-hybridized carbons (Fsp3) is 0.0833. The molecule has 7 heteroatoms. The lowest BCUT2D eigenvalue weighted by molar-refractivity contribution is 0.607. The number of nitrogens with zero attached hydrogens (tertiary/aromatic N) is 3. The summed E-state index contributed by atoms with van der Waals surface area (Å²) in [4.78, 5) is 12.7. The van der Waals surface area contributed by atoms with Crippen LogP contribution < -0.4 is 11.3 Å². The smallest absolute Gasteiger partial charge is 0.252 e. The van der Waals surface area contributed by atoms with Crippen LogP contribution in [0.2, 0.25) is 0 Å². The fourth-order valence-corrected chi connectivity index (χ4v) is 2.00. The van der Waals surface area contributed by atoms with Crippen molar-refractivity contribution in [2.24, 2.45) is 5.84 Å². The molecule has 0 spiro atoms. The van der Waals surface area contributed by atoms with Crippen LogP contribution in [0.15, 0.2) is 33.2 Å². The van der Waals surface area contributed by atoms with Gasteiger partial charge in [0.15, 0.2) is 5.52 Å². The van der Waals surface area contributed by atoms with Crippen LogP contribution in [0.4, 0.5) is 5.95 Å². The average molecular weight is 320 g/mol. The van der Waals surface area contributed by atoms with Gasteiger partial charge in [-0.15, -0.1) is 0 Å². The van der Waals surface area contributed by atoms with E-state index in [1.165, 1.54) is 0 Å². The lowest BCUT2D eigenvalue weighted by Gasteiger charge is -1.97. The van der Waals surface area contributed by atoms with Gasteiger partial charge in [-0.05, 0) is 31.2 Å². The molecule has 3 rings (SSSR count). The summed E-state index contributed by atoms with van der Waals surface area (Å²) in [6.07, 6.45) is 0. The Labute approximate surface area is 117 Å². The van der Waals surface area contributed by atoms with Gasteiger partial charge in [0.05, 0.1) is 5.69 Å². The Morgan fingerprint density at radius 2 is 1.89 bits per heavy atom. The van der Waals surface area contributed by atoms with E-state index in [1.807, 2.05) is 31.2 Å². The molecule has 3 N–H and O–H groups in total. The number of hydrogen-bond donors (Lipinski definition) is 2. The van der Waals surface area contributed by atoms with Gasteiger partial charge >= 0.3 is 0 Å². The lowest BCUT2D eigenvalue weighted by atomic mass is 10.2. The number of hydrazine groups is 1. The summed E-state index contributed by atoms with van der Waals surface area (Å²) in [7, 11) is 0. The topological polar surface area (TPSA) is 89.9 Å². The van der Waals surface area contributed by atoms with Crippen molar-refractivity contribution < 1.29 is 4.42 Å². The number of aryl methyl sites for hydroxylation is 1. The Morgan fingerprint density at radius 3 is 2.58 bits per heavy atom. The fourth-order valence-electron chi connectivity index (χ4n) is 1.74. The number of anilines is 1. The molecule has 0 bridgehead atoms. The number of nitrogens with two attached hydrogens (primary N) is 1. The number of fused-ring (bicyclic) bond motifs is 1. The summed E-state index contributed by atoms with van der Waals surface area (Å²) in [6.45, 7) is 1.83. The first-order valence-electron chi connectivity index (χ1n) is 5.55. The molecule has 1 aromatic carbocycles. The second-order valence-corrected chi connectivity index (χ2v) is 4.87. The predicted octanol–water partition coefficient (Wildman–Crippen LogP) is 2.64. The number of oxazole rings is 1. The van der Waals surface area contributed by atoms with Crippen LogP contribution in [-0.2, 0) is 0 Å². The number of nitrogen functional groups attached to an aromatic ring is 1. The van der Waals surface area contributed by atoms with Crippen molar-refractivity contribution in [1.82, 2.24) is 15.0 Å². The van der Waals surface area contributed by atoms with E-state index >= 15 is 0 Å². The molecule has 0 atom stereocenters. The third-order valence-electron chi connectivity index (χ3n) is 2.65. The minimum absolute atomic E-state index is 0.309. The third kappa shape index (κ3) is 2.18. The SMILES string of the molecule is Cc1nc(NN)nc2oc(-c3ccc(Br)cc3)nc12. The standard InChI is InChI=1S/C12H10BrN5O/c1-6-9-11(17-12(15-6)18-14)19-10(16-9)7-2-4-8(13)5-3-7/h2-5H,14H2,1H3,(H,15,17,18). The molecule has 0 saturated heterocycles. The summed E-state index contributed by atoms with van der Waals surface area (Å²) in [6, 6.07) is 7.69.